The fraction of sp³-hybridized carbons (Fsp3) is 0.933. The van der Waals surface area contributed by atoms with E-state index in [2.05, 4.69) is 29.1 Å². The molecular weight excluding hydrogens is 238 g/mol. The lowest BCUT2D eigenvalue weighted by Gasteiger charge is -2.35. The van der Waals surface area contributed by atoms with Gasteiger partial charge in [-0.15, -0.1) is 0 Å². The van der Waals surface area contributed by atoms with Crippen molar-refractivity contribution in [3.63, 3.8) is 0 Å². The summed E-state index contributed by atoms with van der Waals surface area (Å²) in [7, 11) is 2.10. The largest absolute Gasteiger partial charge is 0.341 e. The second kappa shape index (κ2) is 7.25. The standard InChI is InChI=1S/C15H29N3O/c1-13(15(19)18-9-4-3-5-10-18)17(2)12-14-7-6-8-16-11-14/h13-14,16H,3-12H2,1-2H3. The predicted molar refractivity (Wildman–Crippen MR) is 78.1 cm³/mol. The van der Waals surface area contributed by atoms with Crippen molar-refractivity contribution in [2.75, 3.05) is 39.8 Å². The van der Waals surface area contributed by atoms with Crippen molar-refractivity contribution >= 4 is 5.91 Å². The van der Waals surface area contributed by atoms with E-state index in [9.17, 15) is 4.79 Å². The second-order valence-electron chi connectivity index (χ2n) is 6.21. The number of rotatable bonds is 4. The summed E-state index contributed by atoms with van der Waals surface area (Å²) in [5.74, 6) is 1.03. The van der Waals surface area contributed by atoms with Crippen LogP contribution in [0.3, 0.4) is 0 Å². The van der Waals surface area contributed by atoms with Gasteiger partial charge in [-0.05, 0) is 65.1 Å². The van der Waals surface area contributed by atoms with Gasteiger partial charge in [-0.2, -0.15) is 0 Å². The van der Waals surface area contributed by atoms with Gasteiger partial charge >= 0.3 is 0 Å². The third-order valence-corrected chi connectivity index (χ3v) is 4.63. The number of hydrogen-bond acceptors (Lipinski definition) is 3. The molecule has 0 bridgehead atoms. The SMILES string of the molecule is CC(C(=O)N1CCCCC1)N(C)CC1CCCNC1. The van der Waals surface area contributed by atoms with E-state index in [1.54, 1.807) is 0 Å². The van der Waals surface area contributed by atoms with Gasteiger partial charge < -0.3 is 10.2 Å². The average molecular weight is 267 g/mol. The molecule has 2 aliphatic rings. The number of amides is 1. The van der Waals surface area contributed by atoms with Crippen molar-refractivity contribution in [2.45, 2.75) is 45.1 Å². The van der Waals surface area contributed by atoms with Gasteiger partial charge in [-0.25, -0.2) is 0 Å². The first-order valence-corrected chi connectivity index (χ1v) is 7.88. The van der Waals surface area contributed by atoms with Crippen LogP contribution in [-0.4, -0.2) is 61.5 Å². The first-order valence-electron chi connectivity index (χ1n) is 7.88. The van der Waals surface area contributed by atoms with Crippen LogP contribution in [0.5, 0.6) is 0 Å². The van der Waals surface area contributed by atoms with E-state index in [0.717, 1.165) is 32.7 Å². The van der Waals surface area contributed by atoms with Crippen LogP contribution in [-0.2, 0) is 4.79 Å². The first kappa shape index (κ1) is 14.8. The van der Waals surface area contributed by atoms with E-state index in [-0.39, 0.29) is 6.04 Å². The summed E-state index contributed by atoms with van der Waals surface area (Å²) in [5.41, 5.74) is 0. The molecule has 2 unspecified atom stereocenters. The minimum absolute atomic E-state index is 0.0278. The Morgan fingerprint density at radius 1 is 1.32 bits per heavy atom. The predicted octanol–water partition coefficient (Wildman–Crippen LogP) is 1.32. The molecule has 2 fully saturated rings. The number of carbonyl (C=O) groups is 1. The molecule has 1 amide bonds. The molecule has 2 heterocycles. The normalized spacial score (nSPS) is 26.5. The van der Waals surface area contributed by atoms with Crippen LogP contribution in [0.4, 0.5) is 0 Å². The number of hydrogen-bond donors (Lipinski definition) is 1. The Balaban J connectivity index is 1.79. The van der Waals surface area contributed by atoms with E-state index >= 15 is 0 Å². The Bertz CT molecular complexity index is 283. The molecule has 2 rings (SSSR count). The summed E-state index contributed by atoms with van der Waals surface area (Å²) < 4.78 is 0. The molecule has 2 saturated heterocycles. The maximum atomic E-state index is 12.4. The van der Waals surface area contributed by atoms with Gasteiger partial charge in [0.05, 0.1) is 6.04 Å². The topological polar surface area (TPSA) is 35.6 Å². The summed E-state index contributed by atoms with van der Waals surface area (Å²) in [5, 5.41) is 3.45. The third-order valence-electron chi connectivity index (χ3n) is 4.63. The zero-order valence-corrected chi connectivity index (χ0v) is 12.5. The van der Waals surface area contributed by atoms with E-state index < -0.39 is 0 Å². The molecule has 0 spiro atoms. The van der Waals surface area contributed by atoms with Crippen LogP contribution in [0.1, 0.15) is 39.0 Å². The van der Waals surface area contributed by atoms with Crippen molar-refractivity contribution in [3.05, 3.63) is 0 Å². The van der Waals surface area contributed by atoms with Crippen molar-refractivity contribution < 1.29 is 4.79 Å². The Morgan fingerprint density at radius 3 is 2.68 bits per heavy atom. The lowest BCUT2D eigenvalue weighted by atomic mass is 9.98. The molecule has 0 aromatic heterocycles. The summed E-state index contributed by atoms with van der Waals surface area (Å²) in [6, 6.07) is 0.0278. The highest BCUT2D eigenvalue weighted by atomic mass is 16.2. The first-order chi connectivity index (χ1) is 9.18. The van der Waals surface area contributed by atoms with E-state index in [1.165, 1.54) is 32.1 Å². The summed E-state index contributed by atoms with van der Waals surface area (Å²) >= 11 is 0. The molecule has 0 radical (unpaired) electrons. The van der Waals surface area contributed by atoms with Gasteiger partial charge in [0.25, 0.3) is 0 Å². The highest BCUT2D eigenvalue weighted by Gasteiger charge is 2.26. The van der Waals surface area contributed by atoms with Crippen LogP contribution < -0.4 is 5.32 Å². The van der Waals surface area contributed by atoms with Crippen LogP contribution >= 0.6 is 0 Å². The van der Waals surface area contributed by atoms with E-state index in [4.69, 9.17) is 0 Å². The molecule has 110 valence electrons. The number of carbonyl (C=O) groups excluding carboxylic acids is 1. The molecule has 1 N–H and O–H groups in total. The van der Waals surface area contributed by atoms with Gasteiger partial charge in [-0.3, -0.25) is 9.69 Å². The zero-order valence-electron chi connectivity index (χ0n) is 12.5. The van der Waals surface area contributed by atoms with Crippen LogP contribution in [0.25, 0.3) is 0 Å². The number of nitrogens with one attached hydrogen (secondary N) is 1. The minimum Gasteiger partial charge on any atom is -0.341 e. The van der Waals surface area contributed by atoms with E-state index in [1.807, 2.05) is 0 Å². The van der Waals surface area contributed by atoms with Crippen molar-refractivity contribution in [2.24, 2.45) is 5.92 Å². The second-order valence-corrected chi connectivity index (χ2v) is 6.21. The maximum Gasteiger partial charge on any atom is 0.239 e. The van der Waals surface area contributed by atoms with Gasteiger partial charge in [0.1, 0.15) is 0 Å². The van der Waals surface area contributed by atoms with Crippen LogP contribution in [0.15, 0.2) is 0 Å². The van der Waals surface area contributed by atoms with Gasteiger partial charge in [-0.1, -0.05) is 0 Å². The third kappa shape index (κ3) is 4.18. The highest BCUT2D eigenvalue weighted by Crippen LogP contribution is 2.15. The van der Waals surface area contributed by atoms with Crippen molar-refractivity contribution in [3.8, 4) is 0 Å². The fourth-order valence-electron chi connectivity index (χ4n) is 3.21. The summed E-state index contributed by atoms with van der Waals surface area (Å²) in [4.78, 5) is 16.8. The van der Waals surface area contributed by atoms with Crippen molar-refractivity contribution in [1.82, 2.24) is 15.1 Å². The molecule has 19 heavy (non-hydrogen) atoms. The molecule has 0 aromatic carbocycles. The number of likely N-dealkylation sites (N-methyl/N-ethyl adjacent to an activating group) is 1. The Morgan fingerprint density at radius 2 is 2.05 bits per heavy atom. The highest BCUT2D eigenvalue weighted by molar-refractivity contribution is 5.81. The maximum absolute atomic E-state index is 12.4. The minimum atomic E-state index is 0.0278. The summed E-state index contributed by atoms with van der Waals surface area (Å²) in [6.07, 6.45) is 6.19. The van der Waals surface area contributed by atoms with Gasteiger partial charge in [0.2, 0.25) is 5.91 Å². The van der Waals surface area contributed by atoms with Gasteiger partial charge in [0.15, 0.2) is 0 Å². The molecule has 4 nitrogen and oxygen atoms in total. The summed E-state index contributed by atoms with van der Waals surface area (Å²) in [6.45, 7) is 7.28. The molecule has 2 atom stereocenters. The molecule has 4 heteroatoms. The molecule has 0 aromatic rings. The van der Waals surface area contributed by atoms with Crippen LogP contribution in [0.2, 0.25) is 0 Å². The number of nitrogens with zero attached hydrogens (tertiary/aromatic N) is 2. The quantitative estimate of drug-likeness (QED) is 0.834. The number of piperidine rings is 2. The fourth-order valence-corrected chi connectivity index (χ4v) is 3.21. The Labute approximate surface area is 117 Å². The lowest BCUT2D eigenvalue weighted by molar-refractivity contribution is -0.137. The average Bonchev–Trinajstić information content (AvgIpc) is 2.47. The van der Waals surface area contributed by atoms with Gasteiger partial charge in [0, 0.05) is 19.6 Å². The monoisotopic (exact) mass is 267 g/mol. The smallest absolute Gasteiger partial charge is 0.239 e. The van der Waals surface area contributed by atoms with Crippen molar-refractivity contribution in [1.29, 1.82) is 0 Å². The van der Waals surface area contributed by atoms with E-state index in [0.29, 0.717) is 11.8 Å². The lowest BCUT2D eigenvalue weighted by Crippen LogP contribution is -2.49. The molecule has 2 aliphatic heterocycles. The molecule has 0 aliphatic carbocycles. The molecule has 0 saturated carbocycles. The Kier molecular flexibility index (Phi) is 5.64. The van der Waals surface area contributed by atoms with Crippen LogP contribution in [0, 0.1) is 5.92 Å². The molecular formula is C15H29N3O. The zero-order chi connectivity index (χ0) is 13.7. The Hall–Kier alpha value is -0.610. The number of likely N-dealkylation sites (tertiary alicyclic amines) is 1.